The molecule has 2 rings (SSSR count). The van der Waals surface area contributed by atoms with E-state index in [0.29, 0.717) is 18.7 Å². The Labute approximate surface area is 113 Å². The third-order valence-electron chi connectivity index (χ3n) is 3.01. The van der Waals surface area contributed by atoms with Gasteiger partial charge in [-0.25, -0.2) is 13.4 Å². The van der Waals surface area contributed by atoms with E-state index in [4.69, 9.17) is 5.73 Å². The number of hydrogen-bond donors (Lipinski definition) is 1. The van der Waals surface area contributed by atoms with Crippen molar-refractivity contribution >= 4 is 15.5 Å². The van der Waals surface area contributed by atoms with Crippen LogP contribution >= 0.6 is 0 Å². The topological polar surface area (TPSA) is 78.0 Å². The molecule has 0 atom stereocenters. The van der Waals surface area contributed by atoms with E-state index in [0.717, 1.165) is 5.56 Å². The first-order valence-electron chi connectivity index (χ1n) is 6.04. The minimum absolute atomic E-state index is 0.0822. The molecule has 0 fully saturated rings. The van der Waals surface area contributed by atoms with Gasteiger partial charge in [0.05, 0.1) is 22.7 Å². The van der Waals surface area contributed by atoms with Crippen LogP contribution in [0.1, 0.15) is 12.0 Å². The molecule has 0 saturated carbocycles. The van der Waals surface area contributed by atoms with E-state index in [1.54, 1.807) is 37.6 Å². The molecule has 2 N–H and O–H groups in total. The lowest BCUT2D eigenvalue weighted by atomic mass is 10.2. The highest BCUT2D eigenvalue weighted by atomic mass is 32.2. The van der Waals surface area contributed by atoms with Crippen LogP contribution in [0.3, 0.4) is 0 Å². The van der Waals surface area contributed by atoms with Gasteiger partial charge in [-0.2, -0.15) is 0 Å². The molecular weight excluding hydrogens is 262 g/mol. The Hall–Kier alpha value is -1.82. The number of nitrogens with zero attached hydrogens (tertiary/aromatic N) is 2. The second-order valence-electron chi connectivity index (χ2n) is 4.46. The maximum absolute atomic E-state index is 12.2. The van der Waals surface area contributed by atoms with Crippen LogP contribution in [0, 0.1) is 6.92 Å². The molecule has 6 heteroatoms. The van der Waals surface area contributed by atoms with Crippen molar-refractivity contribution in [3.8, 4) is 0 Å². The summed E-state index contributed by atoms with van der Waals surface area (Å²) in [7, 11) is -3.33. The summed E-state index contributed by atoms with van der Waals surface area (Å²) in [5.41, 5.74) is 6.98. The Balaban J connectivity index is 2.08. The molecule has 1 aromatic carbocycles. The summed E-state index contributed by atoms with van der Waals surface area (Å²) < 4.78 is 26.3. The van der Waals surface area contributed by atoms with Crippen molar-refractivity contribution < 1.29 is 8.42 Å². The molecule has 0 radical (unpaired) electrons. The van der Waals surface area contributed by atoms with E-state index in [9.17, 15) is 8.42 Å². The largest absolute Gasteiger partial charge is 0.397 e. The number of nitrogens with two attached hydrogens (primary N) is 1. The predicted molar refractivity (Wildman–Crippen MR) is 74.5 cm³/mol. The number of imidazole rings is 1. The number of para-hydroxylation sites is 1. The Kier molecular flexibility index (Phi) is 3.90. The second-order valence-corrected chi connectivity index (χ2v) is 6.54. The summed E-state index contributed by atoms with van der Waals surface area (Å²) in [6, 6.07) is 5.09. The van der Waals surface area contributed by atoms with E-state index < -0.39 is 9.84 Å². The highest BCUT2D eigenvalue weighted by Crippen LogP contribution is 2.23. The fourth-order valence-corrected chi connectivity index (χ4v) is 3.40. The van der Waals surface area contributed by atoms with Crippen molar-refractivity contribution in [3.63, 3.8) is 0 Å². The molecule has 0 spiro atoms. The molecule has 0 saturated heterocycles. The van der Waals surface area contributed by atoms with Crippen LogP contribution in [0.15, 0.2) is 41.8 Å². The number of benzene rings is 1. The van der Waals surface area contributed by atoms with E-state index in [-0.39, 0.29) is 10.6 Å². The van der Waals surface area contributed by atoms with Gasteiger partial charge in [0, 0.05) is 18.9 Å². The normalized spacial score (nSPS) is 11.6. The Morgan fingerprint density at radius 2 is 2.16 bits per heavy atom. The number of hydrogen-bond acceptors (Lipinski definition) is 4. The summed E-state index contributed by atoms with van der Waals surface area (Å²) in [6.45, 7) is 2.44. The van der Waals surface area contributed by atoms with Gasteiger partial charge in [-0.1, -0.05) is 12.1 Å². The van der Waals surface area contributed by atoms with E-state index in [1.165, 1.54) is 0 Å². The lowest BCUT2D eigenvalue weighted by molar-refractivity contribution is 0.586. The van der Waals surface area contributed by atoms with Crippen LogP contribution in [0.2, 0.25) is 0 Å². The molecule has 0 amide bonds. The van der Waals surface area contributed by atoms with Crippen LogP contribution < -0.4 is 5.73 Å². The van der Waals surface area contributed by atoms with Gasteiger partial charge < -0.3 is 10.3 Å². The zero-order valence-corrected chi connectivity index (χ0v) is 11.6. The summed E-state index contributed by atoms with van der Waals surface area (Å²) >= 11 is 0. The molecule has 0 bridgehead atoms. The number of sulfone groups is 1. The van der Waals surface area contributed by atoms with Crippen molar-refractivity contribution in [3.05, 3.63) is 42.5 Å². The molecule has 1 aromatic heterocycles. The van der Waals surface area contributed by atoms with E-state index in [2.05, 4.69) is 4.98 Å². The van der Waals surface area contributed by atoms with Crippen molar-refractivity contribution in [2.24, 2.45) is 0 Å². The lowest BCUT2D eigenvalue weighted by Crippen LogP contribution is -2.12. The van der Waals surface area contributed by atoms with Crippen molar-refractivity contribution in [1.82, 2.24) is 9.55 Å². The van der Waals surface area contributed by atoms with Gasteiger partial charge >= 0.3 is 0 Å². The Morgan fingerprint density at radius 1 is 1.37 bits per heavy atom. The van der Waals surface area contributed by atoms with Crippen LogP contribution in [0.5, 0.6) is 0 Å². The average molecular weight is 279 g/mol. The Morgan fingerprint density at radius 3 is 2.84 bits per heavy atom. The quantitative estimate of drug-likeness (QED) is 0.844. The van der Waals surface area contributed by atoms with Gasteiger partial charge in [0.15, 0.2) is 9.84 Å². The zero-order valence-electron chi connectivity index (χ0n) is 10.8. The zero-order chi connectivity index (χ0) is 13.9. The van der Waals surface area contributed by atoms with Gasteiger partial charge in [0.1, 0.15) is 0 Å². The smallest absolute Gasteiger partial charge is 0.180 e. The average Bonchev–Trinajstić information content (AvgIpc) is 2.85. The van der Waals surface area contributed by atoms with Gasteiger partial charge in [-0.3, -0.25) is 0 Å². The third-order valence-corrected chi connectivity index (χ3v) is 4.86. The fraction of sp³-hybridized carbons (Fsp3) is 0.308. The highest BCUT2D eigenvalue weighted by molar-refractivity contribution is 7.91. The second kappa shape index (κ2) is 5.44. The number of anilines is 1. The van der Waals surface area contributed by atoms with E-state index >= 15 is 0 Å². The Bertz CT molecular complexity index is 649. The number of aryl methyl sites for hydroxylation is 2. The van der Waals surface area contributed by atoms with Crippen LogP contribution in [0.25, 0.3) is 0 Å². The molecule has 1 heterocycles. The SMILES string of the molecule is Cc1cccc(S(=O)(=O)CCCn2ccnc2)c1N. The summed E-state index contributed by atoms with van der Waals surface area (Å²) in [5, 5.41) is 0. The van der Waals surface area contributed by atoms with E-state index in [1.807, 2.05) is 10.8 Å². The summed E-state index contributed by atoms with van der Waals surface area (Å²) in [4.78, 5) is 4.15. The summed E-state index contributed by atoms with van der Waals surface area (Å²) in [5.74, 6) is 0.0822. The molecule has 0 aliphatic carbocycles. The minimum Gasteiger partial charge on any atom is -0.397 e. The molecule has 0 aliphatic heterocycles. The maximum atomic E-state index is 12.2. The monoisotopic (exact) mass is 279 g/mol. The molecule has 5 nitrogen and oxygen atoms in total. The van der Waals surface area contributed by atoms with Crippen LogP contribution in [-0.4, -0.2) is 23.7 Å². The first-order chi connectivity index (χ1) is 9.00. The molecule has 2 aromatic rings. The number of rotatable bonds is 5. The predicted octanol–water partition coefficient (Wildman–Crippen LogP) is 1.64. The van der Waals surface area contributed by atoms with Gasteiger partial charge in [0.2, 0.25) is 0 Å². The standard InChI is InChI=1S/C13H17N3O2S/c1-11-4-2-5-12(13(11)14)19(17,18)9-3-7-16-8-6-15-10-16/h2,4-6,8,10H,3,7,9,14H2,1H3. The lowest BCUT2D eigenvalue weighted by Gasteiger charge is -2.09. The van der Waals surface area contributed by atoms with Gasteiger partial charge in [-0.15, -0.1) is 0 Å². The first kappa shape index (κ1) is 13.6. The molecule has 0 unspecified atom stereocenters. The molecule has 102 valence electrons. The fourth-order valence-electron chi connectivity index (χ4n) is 1.89. The van der Waals surface area contributed by atoms with Crippen LogP contribution in [-0.2, 0) is 16.4 Å². The molecule has 19 heavy (non-hydrogen) atoms. The molecule has 0 aliphatic rings. The maximum Gasteiger partial charge on any atom is 0.180 e. The van der Waals surface area contributed by atoms with Crippen molar-refractivity contribution in [2.75, 3.05) is 11.5 Å². The number of aromatic nitrogens is 2. The number of nitrogen functional groups attached to an aromatic ring is 1. The van der Waals surface area contributed by atoms with Crippen LogP contribution in [0.4, 0.5) is 5.69 Å². The highest BCUT2D eigenvalue weighted by Gasteiger charge is 2.17. The molecular formula is C13H17N3O2S. The van der Waals surface area contributed by atoms with Gasteiger partial charge in [0.25, 0.3) is 0 Å². The van der Waals surface area contributed by atoms with Crippen molar-refractivity contribution in [1.29, 1.82) is 0 Å². The third kappa shape index (κ3) is 3.14. The van der Waals surface area contributed by atoms with Gasteiger partial charge in [-0.05, 0) is 25.0 Å². The van der Waals surface area contributed by atoms with Crippen molar-refractivity contribution in [2.45, 2.75) is 24.8 Å². The first-order valence-corrected chi connectivity index (χ1v) is 7.69. The minimum atomic E-state index is -3.33. The summed E-state index contributed by atoms with van der Waals surface area (Å²) in [6.07, 6.45) is 5.69.